The highest BCUT2D eigenvalue weighted by atomic mass is 16.2. The first-order chi connectivity index (χ1) is 8.61. The largest absolute Gasteiger partial charge is 0.385 e. The summed E-state index contributed by atoms with van der Waals surface area (Å²) in [5, 5.41) is 3.21. The number of pyridine rings is 1. The van der Waals surface area contributed by atoms with Crippen LogP contribution in [0.3, 0.4) is 0 Å². The number of hydrogen-bond donors (Lipinski definition) is 1. The van der Waals surface area contributed by atoms with Gasteiger partial charge >= 0.3 is 0 Å². The molecule has 1 heterocycles. The molecule has 100 valence electrons. The van der Waals surface area contributed by atoms with Gasteiger partial charge in [0.05, 0.1) is 11.3 Å². The van der Waals surface area contributed by atoms with Crippen LogP contribution in [0.4, 0.5) is 5.69 Å². The second-order valence-corrected chi connectivity index (χ2v) is 4.54. The van der Waals surface area contributed by atoms with Gasteiger partial charge in [0.1, 0.15) is 0 Å². The Bertz CT molecular complexity index is 390. The number of aromatic nitrogens is 1. The highest BCUT2D eigenvalue weighted by Crippen LogP contribution is 2.17. The summed E-state index contributed by atoms with van der Waals surface area (Å²) in [6, 6.07) is 2.05. The lowest BCUT2D eigenvalue weighted by atomic mass is 10.1. The summed E-state index contributed by atoms with van der Waals surface area (Å²) in [5.41, 5.74) is 1.51. The summed E-state index contributed by atoms with van der Waals surface area (Å²) in [5.74, 6) is 0.0518. The molecule has 1 amide bonds. The van der Waals surface area contributed by atoms with Crippen LogP contribution in [0.15, 0.2) is 18.5 Å². The van der Waals surface area contributed by atoms with Crippen LogP contribution in [0.25, 0.3) is 0 Å². The molecular weight excluding hydrogens is 226 g/mol. The normalized spacial score (nSPS) is 10.5. The number of nitrogens with one attached hydrogen (secondary N) is 1. The molecule has 0 aromatic carbocycles. The lowest BCUT2D eigenvalue weighted by molar-refractivity contribution is 0.0706. The lowest BCUT2D eigenvalue weighted by Gasteiger charge is -2.27. The third-order valence-electron chi connectivity index (χ3n) is 2.77. The van der Waals surface area contributed by atoms with Gasteiger partial charge in [0, 0.05) is 31.5 Å². The van der Waals surface area contributed by atoms with Crippen LogP contribution in [-0.2, 0) is 0 Å². The Morgan fingerprint density at radius 3 is 2.72 bits per heavy atom. The van der Waals surface area contributed by atoms with Crippen molar-refractivity contribution >= 4 is 11.6 Å². The van der Waals surface area contributed by atoms with E-state index in [4.69, 9.17) is 0 Å². The second kappa shape index (κ2) is 6.99. The molecule has 0 aliphatic heterocycles. The number of rotatable bonds is 6. The third kappa shape index (κ3) is 3.45. The van der Waals surface area contributed by atoms with E-state index >= 15 is 0 Å². The molecule has 1 rings (SSSR count). The van der Waals surface area contributed by atoms with Crippen molar-refractivity contribution in [2.75, 3.05) is 18.4 Å². The Kier molecular flexibility index (Phi) is 5.62. The number of hydrogen-bond acceptors (Lipinski definition) is 3. The molecule has 1 N–H and O–H groups in total. The molecule has 1 aromatic heterocycles. The van der Waals surface area contributed by atoms with E-state index in [0.29, 0.717) is 5.56 Å². The number of anilines is 1. The molecule has 4 nitrogen and oxygen atoms in total. The highest BCUT2D eigenvalue weighted by molar-refractivity contribution is 5.99. The van der Waals surface area contributed by atoms with Gasteiger partial charge in [0.2, 0.25) is 0 Å². The molecule has 0 saturated heterocycles. The maximum absolute atomic E-state index is 12.5. The van der Waals surface area contributed by atoms with Gasteiger partial charge in [-0.2, -0.15) is 0 Å². The smallest absolute Gasteiger partial charge is 0.257 e. The second-order valence-electron chi connectivity index (χ2n) is 4.54. The van der Waals surface area contributed by atoms with Crippen LogP contribution in [-0.4, -0.2) is 34.9 Å². The minimum atomic E-state index is 0.0518. The summed E-state index contributed by atoms with van der Waals surface area (Å²) in [6.45, 7) is 9.74. The van der Waals surface area contributed by atoms with Crippen molar-refractivity contribution in [2.45, 2.75) is 40.2 Å². The van der Waals surface area contributed by atoms with E-state index in [1.165, 1.54) is 0 Å². The van der Waals surface area contributed by atoms with Crippen molar-refractivity contribution in [3.63, 3.8) is 0 Å². The minimum absolute atomic E-state index is 0.0518. The molecule has 0 bridgehead atoms. The van der Waals surface area contributed by atoms with E-state index in [0.717, 1.165) is 25.2 Å². The van der Waals surface area contributed by atoms with Crippen molar-refractivity contribution in [3.05, 3.63) is 24.0 Å². The van der Waals surface area contributed by atoms with E-state index in [-0.39, 0.29) is 11.9 Å². The Labute approximate surface area is 109 Å². The summed E-state index contributed by atoms with van der Waals surface area (Å²) >= 11 is 0. The standard InChI is InChI=1S/C14H23N3O/c1-5-9-17(11(3)4)14(18)12-10-15-8-7-13(12)16-6-2/h7-8,10-11H,5-6,9H2,1-4H3,(H,15,16). The van der Waals surface area contributed by atoms with E-state index in [1.54, 1.807) is 12.4 Å². The van der Waals surface area contributed by atoms with Crippen molar-refractivity contribution in [2.24, 2.45) is 0 Å². The maximum Gasteiger partial charge on any atom is 0.257 e. The summed E-state index contributed by atoms with van der Waals surface area (Å²) in [4.78, 5) is 18.5. The van der Waals surface area contributed by atoms with Gasteiger partial charge < -0.3 is 10.2 Å². The van der Waals surface area contributed by atoms with E-state index in [9.17, 15) is 4.79 Å². The summed E-state index contributed by atoms with van der Waals surface area (Å²) in [7, 11) is 0. The van der Waals surface area contributed by atoms with E-state index < -0.39 is 0 Å². The van der Waals surface area contributed by atoms with Crippen LogP contribution in [0, 0.1) is 0 Å². The Morgan fingerprint density at radius 1 is 1.44 bits per heavy atom. The zero-order chi connectivity index (χ0) is 13.5. The van der Waals surface area contributed by atoms with Crippen LogP contribution in [0.1, 0.15) is 44.5 Å². The Morgan fingerprint density at radius 2 is 2.17 bits per heavy atom. The molecule has 4 heteroatoms. The number of nitrogens with zero attached hydrogens (tertiary/aromatic N) is 2. The molecule has 0 fully saturated rings. The fourth-order valence-electron chi connectivity index (χ4n) is 1.90. The monoisotopic (exact) mass is 249 g/mol. The Balaban J connectivity index is 3.00. The molecule has 0 unspecified atom stereocenters. The van der Waals surface area contributed by atoms with Gasteiger partial charge in [-0.3, -0.25) is 9.78 Å². The molecule has 0 aliphatic carbocycles. The number of carbonyl (C=O) groups excluding carboxylic acids is 1. The molecule has 0 saturated carbocycles. The SMILES string of the molecule is CCCN(C(=O)c1cnccc1NCC)C(C)C. The average molecular weight is 249 g/mol. The topological polar surface area (TPSA) is 45.2 Å². The van der Waals surface area contributed by atoms with Crippen molar-refractivity contribution in [3.8, 4) is 0 Å². The predicted octanol–water partition coefficient (Wildman–Crippen LogP) is 2.77. The average Bonchev–Trinajstić information content (AvgIpc) is 2.36. The molecule has 0 spiro atoms. The first-order valence-corrected chi connectivity index (χ1v) is 6.60. The van der Waals surface area contributed by atoms with Crippen molar-refractivity contribution in [1.82, 2.24) is 9.88 Å². The molecule has 0 atom stereocenters. The van der Waals surface area contributed by atoms with E-state index in [1.807, 2.05) is 31.7 Å². The quantitative estimate of drug-likeness (QED) is 0.843. The Hall–Kier alpha value is -1.58. The minimum Gasteiger partial charge on any atom is -0.385 e. The fraction of sp³-hybridized carbons (Fsp3) is 0.571. The van der Waals surface area contributed by atoms with Gasteiger partial charge in [-0.05, 0) is 33.3 Å². The number of carbonyl (C=O) groups is 1. The third-order valence-corrected chi connectivity index (χ3v) is 2.77. The van der Waals surface area contributed by atoms with Gasteiger partial charge in [0.15, 0.2) is 0 Å². The first kappa shape index (κ1) is 14.5. The fourth-order valence-corrected chi connectivity index (χ4v) is 1.90. The van der Waals surface area contributed by atoms with Gasteiger partial charge in [-0.25, -0.2) is 0 Å². The zero-order valence-corrected chi connectivity index (χ0v) is 11.7. The molecule has 0 radical (unpaired) electrons. The number of amides is 1. The van der Waals surface area contributed by atoms with Gasteiger partial charge in [-0.1, -0.05) is 6.92 Å². The highest BCUT2D eigenvalue weighted by Gasteiger charge is 2.20. The van der Waals surface area contributed by atoms with Crippen LogP contribution in [0.5, 0.6) is 0 Å². The lowest BCUT2D eigenvalue weighted by Crippen LogP contribution is -2.37. The van der Waals surface area contributed by atoms with Crippen LogP contribution < -0.4 is 5.32 Å². The molecule has 0 aliphatic rings. The zero-order valence-electron chi connectivity index (χ0n) is 11.7. The summed E-state index contributed by atoms with van der Waals surface area (Å²) in [6.07, 6.45) is 4.31. The predicted molar refractivity (Wildman–Crippen MR) is 74.9 cm³/mol. The van der Waals surface area contributed by atoms with Crippen molar-refractivity contribution in [1.29, 1.82) is 0 Å². The van der Waals surface area contributed by atoms with Crippen LogP contribution >= 0.6 is 0 Å². The molecular formula is C14H23N3O. The molecule has 1 aromatic rings. The van der Waals surface area contributed by atoms with Crippen molar-refractivity contribution < 1.29 is 4.79 Å². The van der Waals surface area contributed by atoms with E-state index in [2.05, 4.69) is 17.2 Å². The van der Waals surface area contributed by atoms with Gasteiger partial charge in [0.25, 0.3) is 5.91 Å². The van der Waals surface area contributed by atoms with Gasteiger partial charge in [-0.15, -0.1) is 0 Å². The maximum atomic E-state index is 12.5. The molecule has 18 heavy (non-hydrogen) atoms. The summed E-state index contributed by atoms with van der Waals surface area (Å²) < 4.78 is 0. The first-order valence-electron chi connectivity index (χ1n) is 6.60. The van der Waals surface area contributed by atoms with Crippen LogP contribution in [0.2, 0.25) is 0 Å².